The smallest absolute Gasteiger partial charge is 0.112 e. The van der Waals surface area contributed by atoms with Crippen LogP contribution in [-0.2, 0) is 32.7 Å². The van der Waals surface area contributed by atoms with Crippen LogP contribution >= 0.6 is 0 Å². The largest absolute Gasteiger partial charge is 0.399 e. The van der Waals surface area contributed by atoms with Gasteiger partial charge < -0.3 is 24.8 Å². The van der Waals surface area contributed by atoms with Crippen LogP contribution in [0, 0.1) is 6.33 Å². The summed E-state index contributed by atoms with van der Waals surface area (Å²) >= 11 is 0. The molecule has 1 heterocycles. The van der Waals surface area contributed by atoms with Crippen molar-refractivity contribution < 1.29 is 32.7 Å². The second-order valence-electron chi connectivity index (χ2n) is 2.82. The minimum Gasteiger partial charge on any atom is -0.399 e. The van der Waals surface area contributed by atoms with Crippen LogP contribution in [-0.4, -0.2) is 43.1 Å². The topological polar surface area (TPSA) is 45.2 Å². The fraction of sp³-hybridized carbons (Fsp3) is 0.571. The van der Waals surface area contributed by atoms with Crippen molar-refractivity contribution in [2.24, 2.45) is 0 Å². The quantitative estimate of drug-likeness (QED) is 0.685. The molecule has 1 aromatic rings. The fourth-order valence-electron chi connectivity index (χ4n) is 0.654. The predicted molar refractivity (Wildman–Crippen MR) is 47.3 cm³/mol. The second-order valence-corrected chi connectivity index (χ2v) is 2.82. The van der Waals surface area contributed by atoms with Crippen molar-refractivity contribution in [3.05, 3.63) is 6.33 Å². The SMILES string of the molecule is CN(C)c1n[c-]nc(N(C)C)n1.[Y]. The van der Waals surface area contributed by atoms with E-state index >= 15 is 0 Å². The summed E-state index contributed by atoms with van der Waals surface area (Å²) in [6, 6.07) is 0. The summed E-state index contributed by atoms with van der Waals surface area (Å²) in [4.78, 5) is 15.5. The Morgan fingerprint density at radius 2 is 1.31 bits per heavy atom. The van der Waals surface area contributed by atoms with Crippen molar-refractivity contribution in [3.63, 3.8) is 0 Å². The molecule has 0 spiro atoms. The van der Waals surface area contributed by atoms with Crippen molar-refractivity contribution in [1.82, 2.24) is 15.0 Å². The molecule has 0 aliphatic carbocycles. The van der Waals surface area contributed by atoms with Crippen LogP contribution in [0.4, 0.5) is 11.9 Å². The summed E-state index contributed by atoms with van der Waals surface area (Å²) in [5.41, 5.74) is 0. The molecule has 0 N–H and O–H groups in total. The molecule has 5 nitrogen and oxygen atoms in total. The average Bonchev–Trinajstić information content (AvgIpc) is 2.04. The standard InChI is InChI=1S/C7H12N5.Y/c1-11(2)6-8-5-9-7(10-6)12(3)4;/h1-4H3;/q-1;. The predicted octanol–water partition coefficient (Wildman–Crippen LogP) is -0.199. The maximum atomic E-state index is 4.17. The molecule has 6 heteroatoms. The third-order valence-corrected chi connectivity index (χ3v) is 1.30. The molecule has 0 atom stereocenters. The molecule has 1 rings (SSSR count). The minimum absolute atomic E-state index is 0. The number of anilines is 2. The van der Waals surface area contributed by atoms with Crippen LogP contribution in [0.25, 0.3) is 0 Å². The van der Waals surface area contributed by atoms with Gasteiger partial charge in [0.1, 0.15) is 11.9 Å². The third-order valence-electron chi connectivity index (χ3n) is 1.30. The van der Waals surface area contributed by atoms with E-state index in [1.165, 1.54) is 0 Å². The first-order valence-corrected chi connectivity index (χ1v) is 3.58. The first-order chi connectivity index (χ1) is 5.61. The van der Waals surface area contributed by atoms with Gasteiger partial charge in [-0.05, 0) is 28.2 Å². The Hall–Kier alpha value is -0.286. The molecule has 0 unspecified atom stereocenters. The van der Waals surface area contributed by atoms with Crippen LogP contribution in [0.3, 0.4) is 0 Å². The van der Waals surface area contributed by atoms with E-state index in [1.807, 2.05) is 38.0 Å². The van der Waals surface area contributed by atoms with Gasteiger partial charge >= 0.3 is 0 Å². The van der Waals surface area contributed by atoms with Gasteiger partial charge in [-0.3, -0.25) is 0 Å². The molecular weight excluding hydrogens is 243 g/mol. The maximum Gasteiger partial charge on any atom is 0.112 e. The normalized spacial score (nSPS) is 8.92. The molecule has 0 aromatic carbocycles. The molecule has 0 saturated heterocycles. The summed E-state index contributed by atoms with van der Waals surface area (Å²) in [5.74, 6) is 1.24. The van der Waals surface area contributed by atoms with Crippen molar-refractivity contribution >= 4 is 11.9 Å². The monoisotopic (exact) mass is 255 g/mol. The van der Waals surface area contributed by atoms with Gasteiger partial charge in [0, 0.05) is 39.0 Å². The van der Waals surface area contributed by atoms with E-state index in [0.717, 1.165) is 0 Å². The Labute approximate surface area is 103 Å². The van der Waals surface area contributed by atoms with E-state index in [-0.39, 0.29) is 32.7 Å². The summed E-state index contributed by atoms with van der Waals surface area (Å²) < 4.78 is 0. The number of nitrogens with zero attached hydrogens (tertiary/aromatic N) is 5. The van der Waals surface area contributed by atoms with Crippen molar-refractivity contribution in [2.75, 3.05) is 38.0 Å². The van der Waals surface area contributed by atoms with Crippen molar-refractivity contribution in [2.45, 2.75) is 0 Å². The van der Waals surface area contributed by atoms with Gasteiger partial charge in [0.2, 0.25) is 0 Å². The number of hydrogen-bond acceptors (Lipinski definition) is 5. The van der Waals surface area contributed by atoms with Crippen LogP contribution in [0.15, 0.2) is 0 Å². The summed E-state index contributed by atoms with van der Waals surface area (Å²) in [7, 11) is 7.51. The van der Waals surface area contributed by atoms with Gasteiger partial charge in [0.25, 0.3) is 0 Å². The van der Waals surface area contributed by atoms with E-state index in [9.17, 15) is 0 Å². The van der Waals surface area contributed by atoms with E-state index in [1.54, 1.807) is 0 Å². The number of rotatable bonds is 2. The van der Waals surface area contributed by atoms with Crippen molar-refractivity contribution in [1.29, 1.82) is 0 Å². The maximum absolute atomic E-state index is 4.17. The Morgan fingerprint density at radius 1 is 0.923 bits per heavy atom. The van der Waals surface area contributed by atoms with E-state index in [0.29, 0.717) is 11.9 Å². The minimum atomic E-state index is 0. The van der Waals surface area contributed by atoms with E-state index in [2.05, 4.69) is 21.3 Å². The molecular formula is C7H12N5Y-. The van der Waals surface area contributed by atoms with Gasteiger partial charge in [0.15, 0.2) is 0 Å². The van der Waals surface area contributed by atoms with Gasteiger partial charge in [-0.25, -0.2) is 0 Å². The van der Waals surface area contributed by atoms with Gasteiger partial charge in [-0.15, -0.1) is 0 Å². The Morgan fingerprint density at radius 3 is 1.62 bits per heavy atom. The van der Waals surface area contributed by atoms with Gasteiger partial charge in [-0.2, -0.15) is 0 Å². The zero-order valence-electron chi connectivity index (χ0n) is 8.31. The molecule has 13 heavy (non-hydrogen) atoms. The Balaban J connectivity index is 0.00000144. The molecule has 0 amide bonds. The van der Waals surface area contributed by atoms with Crippen LogP contribution in [0.5, 0.6) is 0 Å². The second kappa shape index (κ2) is 5.45. The Kier molecular flexibility index (Phi) is 5.33. The Bertz CT molecular complexity index is 240. The zero-order valence-corrected chi connectivity index (χ0v) is 11.2. The summed E-state index contributed by atoms with van der Waals surface area (Å²) in [6.45, 7) is 0. The first kappa shape index (κ1) is 12.7. The zero-order chi connectivity index (χ0) is 9.14. The van der Waals surface area contributed by atoms with Crippen LogP contribution in [0.2, 0.25) is 0 Å². The number of hydrogen-bond donors (Lipinski definition) is 0. The molecule has 1 radical (unpaired) electrons. The van der Waals surface area contributed by atoms with Crippen molar-refractivity contribution in [3.8, 4) is 0 Å². The summed E-state index contributed by atoms with van der Waals surface area (Å²) in [6.07, 6.45) is 2.55. The molecule has 0 bridgehead atoms. The van der Waals surface area contributed by atoms with Crippen LogP contribution < -0.4 is 9.80 Å². The molecule has 0 fully saturated rings. The van der Waals surface area contributed by atoms with Crippen LogP contribution in [0.1, 0.15) is 0 Å². The third kappa shape index (κ3) is 3.52. The molecule has 0 aliphatic heterocycles. The molecule has 0 aliphatic rings. The number of aromatic nitrogens is 3. The molecule has 1 aromatic heterocycles. The average molecular weight is 255 g/mol. The fourth-order valence-corrected chi connectivity index (χ4v) is 0.654. The summed E-state index contributed by atoms with van der Waals surface area (Å²) in [5, 5.41) is 0. The molecule has 0 saturated carbocycles. The van der Waals surface area contributed by atoms with E-state index < -0.39 is 0 Å². The van der Waals surface area contributed by atoms with Gasteiger partial charge in [-0.1, -0.05) is 0 Å². The first-order valence-electron chi connectivity index (χ1n) is 3.58. The molecule has 69 valence electrons. The van der Waals surface area contributed by atoms with Gasteiger partial charge in [0.05, 0.1) is 0 Å². The van der Waals surface area contributed by atoms with E-state index in [4.69, 9.17) is 0 Å².